The minimum Gasteiger partial charge on any atom is -0.350 e. The van der Waals surface area contributed by atoms with Crippen molar-refractivity contribution in [3.8, 4) is 0 Å². The molecule has 2 aliphatic heterocycles. The monoisotopic (exact) mass is 637 g/mol. The quantitative estimate of drug-likeness (QED) is 0.123. The Hall–Kier alpha value is -3.03. The van der Waals surface area contributed by atoms with Crippen LogP contribution in [0.25, 0.3) is 0 Å². The largest absolute Gasteiger partial charge is 0.350 e. The lowest BCUT2D eigenvalue weighted by Gasteiger charge is -2.33. The number of unbranched alkanes of at least 4 members (excludes halogenated alkanes) is 11. The molecular weight excluding hydrogens is 580 g/mol. The molecule has 254 valence electrons. The molecule has 0 spiro atoms. The van der Waals surface area contributed by atoms with Crippen molar-refractivity contribution in [2.45, 2.75) is 135 Å². The highest BCUT2D eigenvalue weighted by atomic mass is 19.3. The highest BCUT2D eigenvalue weighted by Crippen LogP contribution is 2.35. The predicted molar refractivity (Wildman–Crippen MR) is 186 cm³/mol. The molecule has 4 heterocycles. The predicted octanol–water partition coefficient (Wildman–Crippen LogP) is 10.1. The van der Waals surface area contributed by atoms with E-state index in [0.717, 1.165) is 49.9 Å². The van der Waals surface area contributed by atoms with Crippen molar-refractivity contribution in [1.29, 1.82) is 0 Å². The number of nitrogens with one attached hydrogen (secondary N) is 1. The number of carbonyl (C=O) groups is 1. The van der Waals surface area contributed by atoms with Crippen molar-refractivity contribution in [3.05, 3.63) is 53.7 Å². The van der Waals surface area contributed by atoms with Crippen LogP contribution in [0.3, 0.4) is 0 Å². The minimum atomic E-state index is -2.70. The number of rotatable bonds is 19. The van der Waals surface area contributed by atoms with Crippen LogP contribution in [0.1, 0.15) is 133 Å². The van der Waals surface area contributed by atoms with Crippen LogP contribution in [0.5, 0.6) is 0 Å². The number of aryl methyl sites for hydroxylation is 1. The van der Waals surface area contributed by atoms with Gasteiger partial charge in [-0.2, -0.15) is 0 Å². The van der Waals surface area contributed by atoms with E-state index in [1.54, 1.807) is 11.1 Å². The smallest absolute Gasteiger partial charge is 0.266 e. The number of carbonyl (C=O) groups excluding carboxylic acids is 1. The van der Waals surface area contributed by atoms with Crippen molar-refractivity contribution in [3.63, 3.8) is 0 Å². The molecule has 2 aromatic heterocycles. The van der Waals surface area contributed by atoms with Gasteiger partial charge in [0.2, 0.25) is 5.91 Å². The van der Waals surface area contributed by atoms with Gasteiger partial charge in [0.1, 0.15) is 17.5 Å². The Morgan fingerprint density at radius 3 is 2.24 bits per heavy atom. The first-order valence-electron chi connectivity index (χ1n) is 18.1. The highest BCUT2D eigenvalue weighted by Gasteiger charge is 2.39. The second-order valence-corrected chi connectivity index (χ2v) is 13.5. The average Bonchev–Trinajstić information content (AvgIpc) is 3.42. The second kappa shape index (κ2) is 19.0. The van der Waals surface area contributed by atoms with E-state index >= 15 is 0 Å². The molecule has 4 rings (SSSR count). The first kappa shape index (κ1) is 35.8. The molecule has 0 saturated carbocycles. The maximum atomic E-state index is 14.1. The number of amides is 1. The maximum absolute atomic E-state index is 14.1. The molecule has 2 saturated heterocycles. The molecule has 46 heavy (non-hydrogen) atoms. The summed E-state index contributed by atoms with van der Waals surface area (Å²) in [5, 5.41) is 3.29. The molecule has 2 fully saturated rings. The molecule has 1 N–H and O–H groups in total. The molecule has 0 unspecified atom stereocenters. The fourth-order valence-corrected chi connectivity index (χ4v) is 6.63. The summed E-state index contributed by atoms with van der Waals surface area (Å²) in [4.78, 5) is 25.8. The Morgan fingerprint density at radius 1 is 0.913 bits per heavy atom. The van der Waals surface area contributed by atoms with Gasteiger partial charge in [-0.15, -0.1) is 0 Å². The van der Waals surface area contributed by atoms with Gasteiger partial charge >= 0.3 is 0 Å². The zero-order valence-corrected chi connectivity index (χ0v) is 28.4. The van der Waals surface area contributed by atoms with Gasteiger partial charge in [0.15, 0.2) is 0 Å². The van der Waals surface area contributed by atoms with Gasteiger partial charge in [-0.25, -0.2) is 18.7 Å². The number of allylic oxidation sites excluding steroid dienone is 2. The van der Waals surface area contributed by atoms with E-state index in [1.807, 2.05) is 36.1 Å². The SMILES string of the molecule is CCCCCCCC/C=C/CCCCCCCC(=O)N1CCC(c2cc(Nc3cc(C)ccn3)nc(N3CCC(F)(F)C3)c2)CC1. The number of alkyl halides is 2. The molecular formula is C38H57F2N5O. The van der Waals surface area contributed by atoms with E-state index in [9.17, 15) is 13.6 Å². The van der Waals surface area contributed by atoms with E-state index in [0.29, 0.717) is 23.9 Å². The van der Waals surface area contributed by atoms with E-state index in [4.69, 9.17) is 4.98 Å². The Morgan fingerprint density at radius 2 is 1.59 bits per heavy atom. The molecule has 0 aliphatic carbocycles. The average molecular weight is 638 g/mol. The summed E-state index contributed by atoms with van der Waals surface area (Å²) >= 11 is 0. The number of hydrogen-bond donors (Lipinski definition) is 1. The fraction of sp³-hybridized carbons (Fsp3) is 0.658. The molecule has 8 heteroatoms. The van der Waals surface area contributed by atoms with E-state index in [-0.39, 0.29) is 31.3 Å². The first-order valence-corrected chi connectivity index (χ1v) is 18.1. The Bertz CT molecular complexity index is 1230. The summed E-state index contributed by atoms with van der Waals surface area (Å²) in [6, 6.07) is 7.87. The van der Waals surface area contributed by atoms with Crippen LogP contribution in [-0.4, -0.2) is 52.9 Å². The molecule has 1 amide bonds. The summed E-state index contributed by atoms with van der Waals surface area (Å²) < 4.78 is 28.1. The molecule has 0 bridgehead atoms. The Balaban J connectivity index is 1.16. The van der Waals surface area contributed by atoms with Crippen LogP contribution < -0.4 is 10.2 Å². The maximum Gasteiger partial charge on any atom is 0.266 e. The van der Waals surface area contributed by atoms with Crippen LogP contribution in [0.2, 0.25) is 0 Å². The van der Waals surface area contributed by atoms with E-state index < -0.39 is 5.92 Å². The number of aromatic nitrogens is 2. The highest BCUT2D eigenvalue weighted by molar-refractivity contribution is 5.76. The summed E-state index contributed by atoms with van der Waals surface area (Å²) in [5.41, 5.74) is 2.16. The number of nitrogens with zero attached hydrogens (tertiary/aromatic N) is 4. The molecule has 0 atom stereocenters. The van der Waals surface area contributed by atoms with E-state index in [1.165, 1.54) is 70.6 Å². The number of hydrogen-bond acceptors (Lipinski definition) is 5. The van der Waals surface area contributed by atoms with Crippen molar-refractivity contribution < 1.29 is 13.6 Å². The molecule has 0 aromatic carbocycles. The number of pyridine rings is 2. The fourth-order valence-electron chi connectivity index (χ4n) is 6.63. The zero-order chi connectivity index (χ0) is 32.6. The third-order valence-corrected chi connectivity index (χ3v) is 9.47. The van der Waals surface area contributed by atoms with Crippen LogP contribution in [0, 0.1) is 6.92 Å². The molecule has 2 aromatic rings. The van der Waals surface area contributed by atoms with Crippen LogP contribution in [0.15, 0.2) is 42.6 Å². The van der Waals surface area contributed by atoms with Crippen molar-refractivity contribution in [2.24, 2.45) is 0 Å². The molecule has 2 aliphatic rings. The van der Waals surface area contributed by atoms with Gasteiger partial charge in [0.05, 0.1) is 6.54 Å². The normalized spacial score (nSPS) is 16.9. The van der Waals surface area contributed by atoms with Gasteiger partial charge in [-0.3, -0.25) is 4.79 Å². The Kier molecular flexibility index (Phi) is 14.8. The molecule has 0 radical (unpaired) electrons. The van der Waals surface area contributed by atoms with Gasteiger partial charge in [-0.1, -0.05) is 70.4 Å². The number of anilines is 3. The zero-order valence-electron chi connectivity index (χ0n) is 28.4. The minimum absolute atomic E-state index is 0.154. The van der Waals surface area contributed by atoms with Gasteiger partial charge in [0, 0.05) is 38.7 Å². The topological polar surface area (TPSA) is 61.4 Å². The second-order valence-electron chi connectivity index (χ2n) is 13.5. The summed E-state index contributed by atoms with van der Waals surface area (Å²) in [7, 11) is 0. The van der Waals surface area contributed by atoms with Crippen LogP contribution in [0.4, 0.5) is 26.2 Å². The molecule has 6 nitrogen and oxygen atoms in total. The lowest BCUT2D eigenvalue weighted by molar-refractivity contribution is -0.132. The van der Waals surface area contributed by atoms with E-state index in [2.05, 4.69) is 29.4 Å². The number of piperidine rings is 1. The third-order valence-electron chi connectivity index (χ3n) is 9.47. The first-order chi connectivity index (χ1) is 22.3. The Labute approximate surface area is 276 Å². The number of likely N-dealkylation sites (tertiary alicyclic amines) is 1. The summed E-state index contributed by atoms with van der Waals surface area (Å²) in [5.74, 6) is -0.313. The van der Waals surface area contributed by atoms with Gasteiger partial charge in [-0.05, 0) is 93.2 Å². The summed E-state index contributed by atoms with van der Waals surface area (Å²) in [6.07, 6.45) is 24.9. The van der Waals surface area contributed by atoms with Crippen molar-refractivity contribution in [2.75, 3.05) is 36.4 Å². The standard InChI is InChI=1S/C38H57F2N5O/c1-3-4-5-6-7-8-9-10-11-12-13-14-15-16-17-18-37(46)44-24-20-32(21-25-44)33-28-35(42-34-27-31(2)19-23-41-34)43-36(29-33)45-26-22-38(39,40)30-45/h10-11,19,23,27-29,32H,3-9,12-18,20-22,24-26,30H2,1-2H3,(H,41,42,43)/b11-10+. The number of halogens is 2. The van der Waals surface area contributed by atoms with Crippen molar-refractivity contribution in [1.82, 2.24) is 14.9 Å². The van der Waals surface area contributed by atoms with Crippen LogP contribution >= 0.6 is 0 Å². The lowest BCUT2D eigenvalue weighted by atomic mass is 9.89. The van der Waals surface area contributed by atoms with Gasteiger partial charge in [0.25, 0.3) is 5.92 Å². The van der Waals surface area contributed by atoms with Crippen molar-refractivity contribution >= 4 is 23.4 Å². The third kappa shape index (κ3) is 12.3. The lowest BCUT2D eigenvalue weighted by Crippen LogP contribution is -2.37. The van der Waals surface area contributed by atoms with Gasteiger partial charge < -0.3 is 15.1 Å². The van der Waals surface area contributed by atoms with Crippen LogP contribution in [-0.2, 0) is 4.79 Å². The summed E-state index contributed by atoms with van der Waals surface area (Å²) in [6.45, 7) is 5.71.